The predicted molar refractivity (Wildman–Crippen MR) is 58.7 cm³/mol. The largest absolute Gasteiger partial charge is 0.321 e. The summed E-state index contributed by atoms with van der Waals surface area (Å²) in [5, 5.41) is 0. The van der Waals surface area contributed by atoms with Crippen molar-refractivity contribution in [2.75, 3.05) is 0 Å². The van der Waals surface area contributed by atoms with Gasteiger partial charge in [0.1, 0.15) is 5.82 Å². The van der Waals surface area contributed by atoms with E-state index in [0.29, 0.717) is 11.7 Å². The van der Waals surface area contributed by atoms with E-state index in [9.17, 15) is 4.79 Å². The normalized spacial score (nSPS) is 17.7. The van der Waals surface area contributed by atoms with Gasteiger partial charge in [-0.15, -0.1) is 0 Å². The van der Waals surface area contributed by atoms with E-state index in [0.717, 1.165) is 31.4 Å². The summed E-state index contributed by atoms with van der Waals surface area (Å²) in [6, 6.07) is 1.46. The predicted octanol–water partition coefficient (Wildman–Crippen LogP) is 1.45. The molecule has 1 heterocycles. The lowest BCUT2D eigenvalue weighted by molar-refractivity contribution is 0.595. The fourth-order valence-electron chi connectivity index (χ4n) is 1.71. The van der Waals surface area contributed by atoms with Crippen LogP contribution in [0.15, 0.2) is 10.9 Å². The van der Waals surface area contributed by atoms with Crippen molar-refractivity contribution in [2.24, 2.45) is 5.73 Å². The Morgan fingerprint density at radius 2 is 2.40 bits per heavy atom. The highest BCUT2D eigenvalue weighted by Crippen LogP contribution is 2.38. The average Bonchev–Trinajstić information content (AvgIpc) is 3.00. The van der Waals surface area contributed by atoms with Crippen molar-refractivity contribution in [2.45, 2.75) is 44.6 Å². The SMILES string of the molecule is CCCC(N)c1nc(C2CC2)cc(=O)[nH]1. The quantitative estimate of drug-likeness (QED) is 0.784. The molecule has 0 saturated heterocycles. The summed E-state index contributed by atoms with van der Waals surface area (Å²) in [6.45, 7) is 2.07. The Labute approximate surface area is 88.9 Å². The third-order valence-corrected chi connectivity index (χ3v) is 2.73. The Kier molecular flexibility index (Phi) is 2.86. The van der Waals surface area contributed by atoms with E-state index in [1.807, 2.05) is 0 Å². The highest BCUT2D eigenvalue weighted by molar-refractivity contribution is 5.15. The van der Waals surface area contributed by atoms with Gasteiger partial charge in [0.05, 0.1) is 11.7 Å². The van der Waals surface area contributed by atoms with Gasteiger partial charge in [0.25, 0.3) is 5.56 Å². The number of aromatic nitrogens is 2. The number of nitrogens with one attached hydrogen (secondary N) is 1. The van der Waals surface area contributed by atoms with Gasteiger partial charge in [-0.2, -0.15) is 0 Å². The number of nitrogens with two attached hydrogens (primary N) is 1. The molecule has 15 heavy (non-hydrogen) atoms. The number of aromatic amines is 1. The van der Waals surface area contributed by atoms with Crippen LogP contribution in [0.4, 0.5) is 0 Å². The first kappa shape index (κ1) is 10.4. The second-order valence-electron chi connectivity index (χ2n) is 4.22. The van der Waals surface area contributed by atoms with Crippen molar-refractivity contribution in [1.29, 1.82) is 0 Å². The Bertz CT molecular complexity index is 395. The van der Waals surface area contributed by atoms with E-state index in [1.165, 1.54) is 0 Å². The Balaban J connectivity index is 2.26. The van der Waals surface area contributed by atoms with Crippen LogP contribution in [0.5, 0.6) is 0 Å². The highest BCUT2D eigenvalue weighted by atomic mass is 16.1. The molecule has 0 spiro atoms. The average molecular weight is 207 g/mol. The van der Waals surface area contributed by atoms with Gasteiger partial charge < -0.3 is 10.7 Å². The lowest BCUT2D eigenvalue weighted by atomic mass is 10.1. The summed E-state index contributed by atoms with van der Waals surface area (Å²) in [5.41, 5.74) is 6.77. The summed E-state index contributed by atoms with van der Waals surface area (Å²) in [5.74, 6) is 1.14. The second-order valence-corrected chi connectivity index (χ2v) is 4.22. The van der Waals surface area contributed by atoms with Crippen LogP contribution in [0.1, 0.15) is 56.1 Å². The molecule has 82 valence electrons. The van der Waals surface area contributed by atoms with Gasteiger partial charge >= 0.3 is 0 Å². The molecule has 1 aliphatic carbocycles. The molecule has 1 aliphatic rings. The number of hydrogen-bond donors (Lipinski definition) is 2. The molecule has 2 rings (SSSR count). The van der Waals surface area contributed by atoms with Gasteiger partial charge in [-0.3, -0.25) is 4.79 Å². The van der Waals surface area contributed by atoms with E-state index < -0.39 is 0 Å². The molecule has 0 aliphatic heterocycles. The second kappa shape index (κ2) is 4.14. The minimum Gasteiger partial charge on any atom is -0.321 e. The molecule has 0 amide bonds. The number of hydrogen-bond acceptors (Lipinski definition) is 3. The molecule has 3 N–H and O–H groups in total. The van der Waals surface area contributed by atoms with E-state index >= 15 is 0 Å². The van der Waals surface area contributed by atoms with Gasteiger partial charge in [0.2, 0.25) is 0 Å². The third-order valence-electron chi connectivity index (χ3n) is 2.73. The molecule has 1 atom stereocenters. The van der Waals surface area contributed by atoms with E-state index in [1.54, 1.807) is 6.07 Å². The van der Waals surface area contributed by atoms with Crippen LogP contribution < -0.4 is 11.3 Å². The number of nitrogens with zero attached hydrogens (tertiary/aromatic N) is 1. The molecule has 1 aromatic heterocycles. The zero-order valence-corrected chi connectivity index (χ0v) is 8.99. The molecular formula is C11H17N3O. The Morgan fingerprint density at radius 1 is 1.67 bits per heavy atom. The van der Waals surface area contributed by atoms with Crippen LogP contribution in [-0.4, -0.2) is 9.97 Å². The zero-order chi connectivity index (χ0) is 10.8. The molecular weight excluding hydrogens is 190 g/mol. The molecule has 0 aromatic carbocycles. The number of rotatable bonds is 4. The smallest absolute Gasteiger partial charge is 0.251 e. The van der Waals surface area contributed by atoms with Crippen molar-refractivity contribution in [3.05, 3.63) is 27.9 Å². The van der Waals surface area contributed by atoms with Crippen molar-refractivity contribution >= 4 is 0 Å². The fraction of sp³-hybridized carbons (Fsp3) is 0.636. The van der Waals surface area contributed by atoms with Crippen molar-refractivity contribution in [3.63, 3.8) is 0 Å². The maximum absolute atomic E-state index is 11.4. The summed E-state index contributed by atoms with van der Waals surface area (Å²) in [6.07, 6.45) is 4.16. The van der Waals surface area contributed by atoms with Gasteiger partial charge in [-0.1, -0.05) is 13.3 Å². The maximum atomic E-state index is 11.4. The van der Waals surface area contributed by atoms with Crippen LogP contribution in [-0.2, 0) is 0 Å². The summed E-state index contributed by atoms with van der Waals surface area (Å²) < 4.78 is 0. The zero-order valence-electron chi connectivity index (χ0n) is 8.99. The lowest BCUT2D eigenvalue weighted by Crippen LogP contribution is -2.20. The monoisotopic (exact) mass is 207 g/mol. The molecule has 1 fully saturated rings. The first-order valence-electron chi connectivity index (χ1n) is 5.57. The minimum atomic E-state index is -0.138. The third kappa shape index (κ3) is 2.45. The summed E-state index contributed by atoms with van der Waals surface area (Å²) >= 11 is 0. The van der Waals surface area contributed by atoms with E-state index in [4.69, 9.17) is 5.73 Å². The summed E-state index contributed by atoms with van der Waals surface area (Å²) in [7, 11) is 0. The molecule has 1 aromatic rings. The van der Waals surface area contributed by atoms with E-state index in [2.05, 4.69) is 16.9 Å². The standard InChI is InChI=1S/C11H17N3O/c1-2-3-8(12)11-13-9(7-4-5-7)6-10(15)14-11/h6-8H,2-5,12H2,1H3,(H,13,14,15). The van der Waals surface area contributed by atoms with Crippen molar-refractivity contribution in [3.8, 4) is 0 Å². The molecule has 0 bridgehead atoms. The van der Waals surface area contributed by atoms with Crippen LogP contribution in [0.25, 0.3) is 0 Å². The molecule has 1 saturated carbocycles. The van der Waals surface area contributed by atoms with Crippen LogP contribution in [0.3, 0.4) is 0 Å². The number of H-pyrrole nitrogens is 1. The van der Waals surface area contributed by atoms with Gasteiger partial charge in [0.15, 0.2) is 0 Å². The van der Waals surface area contributed by atoms with Crippen molar-refractivity contribution in [1.82, 2.24) is 9.97 Å². The van der Waals surface area contributed by atoms with Gasteiger partial charge in [0, 0.05) is 12.0 Å². The summed E-state index contributed by atoms with van der Waals surface area (Å²) in [4.78, 5) is 18.6. The van der Waals surface area contributed by atoms with E-state index in [-0.39, 0.29) is 11.6 Å². The minimum absolute atomic E-state index is 0.0755. The van der Waals surface area contributed by atoms with Gasteiger partial charge in [-0.25, -0.2) is 4.98 Å². The lowest BCUT2D eigenvalue weighted by Gasteiger charge is -2.10. The van der Waals surface area contributed by atoms with Crippen LogP contribution in [0, 0.1) is 0 Å². The Hall–Kier alpha value is -1.16. The Morgan fingerprint density at radius 3 is 3.00 bits per heavy atom. The van der Waals surface area contributed by atoms with Crippen LogP contribution >= 0.6 is 0 Å². The highest BCUT2D eigenvalue weighted by Gasteiger charge is 2.26. The molecule has 0 radical (unpaired) electrons. The van der Waals surface area contributed by atoms with Crippen LogP contribution in [0.2, 0.25) is 0 Å². The topological polar surface area (TPSA) is 71.8 Å². The first-order chi connectivity index (χ1) is 7.20. The first-order valence-corrected chi connectivity index (χ1v) is 5.57. The maximum Gasteiger partial charge on any atom is 0.251 e. The fourth-order valence-corrected chi connectivity index (χ4v) is 1.71. The molecule has 1 unspecified atom stereocenters. The molecule has 4 heteroatoms. The molecule has 4 nitrogen and oxygen atoms in total. The van der Waals surface area contributed by atoms with Gasteiger partial charge in [-0.05, 0) is 19.3 Å². The van der Waals surface area contributed by atoms with Crippen molar-refractivity contribution < 1.29 is 0 Å².